The second-order valence-electron chi connectivity index (χ2n) is 5.43. The number of nitrogens with one attached hydrogen (secondary N) is 2. The van der Waals surface area contributed by atoms with Crippen LogP contribution in [0.25, 0.3) is 0 Å². The van der Waals surface area contributed by atoms with E-state index in [0.29, 0.717) is 5.02 Å². The summed E-state index contributed by atoms with van der Waals surface area (Å²) in [5, 5.41) is 6.92. The van der Waals surface area contributed by atoms with Crippen LogP contribution in [0, 0.1) is 0 Å². The lowest BCUT2D eigenvalue weighted by atomic mass is 10.3. The normalized spacial score (nSPS) is 17.2. The summed E-state index contributed by atoms with van der Waals surface area (Å²) in [4.78, 5) is 15.5. The van der Waals surface area contributed by atoms with Crippen molar-refractivity contribution in [3.8, 4) is 0 Å². The highest BCUT2D eigenvalue weighted by Crippen LogP contribution is 2.29. The first-order chi connectivity index (χ1) is 10.7. The van der Waals surface area contributed by atoms with Gasteiger partial charge in [0.2, 0.25) is 5.91 Å². The van der Waals surface area contributed by atoms with Gasteiger partial charge in [-0.25, -0.2) is 0 Å². The van der Waals surface area contributed by atoms with E-state index in [1.165, 1.54) is 11.8 Å². The van der Waals surface area contributed by atoms with Crippen molar-refractivity contribution in [2.24, 2.45) is 0 Å². The summed E-state index contributed by atoms with van der Waals surface area (Å²) >= 11 is 7.62. The molecule has 0 aromatic heterocycles. The van der Waals surface area contributed by atoms with Crippen LogP contribution in [-0.2, 0) is 4.79 Å². The number of piperazine rings is 1. The average Bonchev–Trinajstić information content (AvgIpc) is 2.54. The van der Waals surface area contributed by atoms with Gasteiger partial charge in [-0.2, -0.15) is 0 Å². The molecule has 1 amide bonds. The van der Waals surface area contributed by atoms with Crippen molar-refractivity contribution < 1.29 is 4.79 Å². The highest BCUT2D eigenvalue weighted by atomic mass is 35.5. The molecule has 1 fully saturated rings. The zero-order chi connectivity index (χ0) is 15.8. The van der Waals surface area contributed by atoms with Gasteiger partial charge in [-0.3, -0.25) is 4.79 Å². The van der Waals surface area contributed by atoms with Gasteiger partial charge in [0.25, 0.3) is 0 Å². The maximum atomic E-state index is 12.1. The van der Waals surface area contributed by atoms with Crippen molar-refractivity contribution >= 4 is 29.3 Å². The average molecular weight is 342 g/mol. The Morgan fingerprint density at radius 1 is 1.41 bits per heavy atom. The van der Waals surface area contributed by atoms with Crippen LogP contribution in [0.15, 0.2) is 29.2 Å². The van der Waals surface area contributed by atoms with Crippen molar-refractivity contribution in [2.75, 3.05) is 39.3 Å². The van der Waals surface area contributed by atoms with E-state index < -0.39 is 0 Å². The van der Waals surface area contributed by atoms with E-state index in [0.717, 1.165) is 50.6 Å². The molecule has 1 aromatic rings. The minimum Gasteiger partial charge on any atom is -0.355 e. The summed E-state index contributed by atoms with van der Waals surface area (Å²) in [6, 6.07) is 7.63. The number of amides is 1. The summed E-state index contributed by atoms with van der Waals surface area (Å²) < 4.78 is 0. The fraction of sp³-hybridized carbons (Fsp3) is 0.562. The molecular weight excluding hydrogens is 318 g/mol. The van der Waals surface area contributed by atoms with Crippen molar-refractivity contribution in [1.29, 1.82) is 0 Å². The highest BCUT2D eigenvalue weighted by molar-refractivity contribution is 8.00. The van der Waals surface area contributed by atoms with Gasteiger partial charge >= 0.3 is 0 Å². The van der Waals surface area contributed by atoms with Gasteiger partial charge in [0.1, 0.15) is 0 Å². The first-order valence-electron chi connectivity index (χ1n) is 7.79. The largest absolute Gasteiger partial charge is 0.355 e. The van der Waals surface area contributed by atoms with E-state index in [1.807, 2.05) is 31.2 Å². The summed E-state index contributed by atoms with van der Waals surface area (Å²) in [6.45, 7) is 8.04. The van der Waals surface area contributed by atoms with Crippen LogP contribution < -0.4 is 10.6 Å². The Bertz CT molecular complexity index is 480. The fourth-order valence-corrected chi connectivity index (χ4v) is 3.56. The number of carbonyl (C=O) groups is 1. The third kappa shape index (κ3) is 5.80. The Morgan fingerprint density at radius 2 is 2.14 bits per heavy atom. The SMILES string of the molecule is CC(Sc1ccccc1Cl)C(=O)NCCCN1CCNCC1. The van der Waals surface area contributed by atoms with Crippen molar-refractivity contribution in [3.05, 3.63) is 29.3 Å². The summed E-state index contributed by atoms with van der Waals surface area (Å²) in [5.74, 6) is 0.0743. The van der Waals surface area contributed by atoms with Gasteiger partial charge in [-0.15, -0.1) is 11.8 Å². The third-order valence-corrected chi connectivity index (χ3v) is 5.29. The van der Waals surface area contributed by atoms with Crippen LogP contribution in [-0.4, -0.2) is 55.3 Å². The molecule has 0 radical (unpaired) electrons. The Labute approximate surface area is 142 Å². The molecule has 122 valence electrons. The molecule has 0 aliphatic carbocycles. The number of hydrogen-bond acceptors (Lipinski definition) is 4. The van der Waals surface area contributed by atoms with Crippen LogP contribution >= 0.6 is 23.4 Å². The number of thioether (sulfide) groups is 1. The summed E-state index contributed by atoms with van der Waals surface area (Å²) in [6.07, 6.45) is 0.995. The molecule has 1 aliphatic heterocycles. The zero-order valence-corrected chi connectivity index (χ0v) is 14.6. The third-order valence-electron chi connectivity index (χ3n) is 3.67. The molecular formula is C16H24ClN3OS. The second kappa shape index (κ2) is 9.40. The predicted octanol–water partition coefficient (Wildman–Crippen LogP) is 2.23. The van der Waals surface area contributed by atoms with Crippen LogP contribution in [0.2, 0.25) is 5.02 Å². The molecule has 22 heavy (non-hydrogen) atoms. The van der Waals surface area contributed by atoms with Gasteiger partial charge < -0.3 is 15.5 Å². The maximum absolute atomic E-state index is 12.1. The summed E-state index contributed by atoms with van der Waals surface area (Å²) in [5.41, 5.74) is 0. The predicted molar refractivity (Wildman–Crippen MR) is 93.7 cm³/mol. The van der Waals surface area contributed by atoms with E-state index in [4.69, 9.17) is 11.6 Å². The zero-order valence-electron chi connectivity index (χ0n) is 13.0. The number of rotatable bonds is 7. The quantitative estimate of drug-likeness (QED) is 0.589. The molecule has 1 aliphatic rings. The van der Waals surface area contributed by atoms with E-state index in [-0.39, 0.29) is 11.2 Å². The van der Waals surface area contributed by atoms with Gasteiger partial charge in [0.15, 0.2) is 0 Å². The lowest BCUT2D eigenvalue weighted by molar-refractivity contribution is -0.120. The molecule has 1 heterocycles. The fourth-order valence-electron chi connectivity index (χ4n) is 2.38. The number of halogens is 1. The number of benzene rings is 1. The van der Waals surface area contributed by atoms with Crippen LogP contribution in [0.1, 0.15) is 13.3 Å². The Morgan fingerprint density at radius 3 is 2.86 bits per heavy atom. The summed E-state index contributed by atoms with van der Waals surface area (Å²) in [7, 11) is 0. The first-order valence-corrected chi connectivity index (χ1v) is 9.04. The van der Waals surface area contributed by atoms with Crippen LogP contribution in [0.5, 0.6) is 0 Å². The van der Waals surface area contributed by atoms with E-state index >= 15 is 0 Å². The van der Waals surface area contributed by atoms with E-state index in [9.17, 15) is 4.79 Å². The number of nitrogens with zero attached hydrogens (tertiary/aromatic N) is 1. The van der Waals surface area contributed by atoms with Gasteiger partial charge in [0, 0.05) is 37.6 Å². The van der Waals surface area contributed by atoms with E-state index in [1.54, 1.807) is 0 Å². The molecule has 0 saturated carbocycles. The van der Waals surface area contributed by atoms with E-state index in [2.05, 4.69) is 15.5 Å². The Kier molecular flexibility index (Phi) is 7.52. The topological polar surface area (TPSA) is 44.4 Å². The van der Waals surface area contributed by atoms with Crippen molar-refractivity contribution in [3.63, 3.8) is 0 Å². The molecule has 2 rings (SSSR count). The second-order valence-corrected chi connectivity index (χ2v) is 7.22. The van der Waals surface area contributed by atoms with Gasteiger partial charge in [-0.05, 0) is 32.0 Å². The minimum atomic E-state index is -0.140. The molecule has 0 spiro atoms. The maximum Gasteiger partial charge on any atom is 0.233 e. The lowest BCUT2D eigenvalue weighted by Crippen LogP contribution is -2.44. The molecule has 0 bridgehead atoms. The first kappa shape index (κ1) is 17.6. The molecule has 2 N–H and O–H groups in total. The van der Waals surface area contributed by atoms with Crippen molar-refractivity contribution in [2.45, 2.75) is 23.5 Å². The van der Waals surface area contributed by atoms with Gasteiger partial charge in [-0.1, -0.05) is 23.7 Å². The molecule has 1 unspecified atom stereocenters. The monoisotopic (exact) mass is 341 g/mol. The molecule has 4 nitrogen and oxygen atoms in total. The Hall–Kier alpha value is -0.750. The molecule has 1 atom stereocenters. The minimum absolute atomic E-state index is 0.0743. The van der Waals surface area contributed by atoms with Crippen LogP contribution in [0.4, 0.5) is 0 Å². The molecule has 1 saturated heterocycles. The number of hydrogen-bond donors (Lipinski definition) is 2. The highest BCUT2D eigenvalue weighted by Gasteiger charge is 2.15. The standard InChI is InChI=1S/C16H24ClN3OS/c1-13(22-15-6-3-2-5-14(15)17)16(21)19-7-4-10-20-11-8-18-9-12-20/h2-3,5-6,13,18H,4,7-12H2,1H3,(H,19,21). The molecule has 1 aromatic carbocycles. The van der Waals surface area contributed by atoms with Crippen molar-refractivity contribution in [1.82, 2.24) is 15.5 Å². The molecule has 6 heteroatoms. The van der Waals surface area contributed by atoms with Gasteiger partial charge in [0.05, 0.1) is 10.3 Å². The number of carbonyl (C=O) groups excluding carboxylic acids is 1. The Balaban J connectivity index is 1.65. The van der Waals surface area contributed by atoms with Crippen LogP contribution in [0.3, 0.4) is 0 Å². The smallest absolute Gasteiger partial charge is 0.233 e. The lowest BCUT2D eigenvalue weighted by Gasteiger charge is -2.27.